The molecule has 0 heterocycles. The summed E-state index contributed by atoms with van der Waals surface area (Å²) in [6, 6.07) is 4.66. The van der Waals surface area contributed by atoms with E-state index in [0.717, 1.165) is 0 Å². The predicted molar refractivity (Wildman–Crippen MR) is 46.5 cm³/mol. The van der Waals surface area contributed by atoms with Crippen molar-refractivity contribution in [3.63, 3.8) is 0 Å². The number of aliphatic hydroxyl groups is 1. The molecule has 0 saturated carbocycles. The van der Waals surface area contributed by atoms with Gasteiger partial charge in [-0.3, -0.25) is 0 Å². The Balaban J connectivity index is 2.97. The Morgan fingerprint density at radius 1 is 1.42 bits per heavy atom. The van der Waals surface area contributed by atoms with E-state index in [1.807, 2.05) is 0 Å². The molecule has 0 atom stereocenters. The van der Waals surface area contributed by atoms with Gasteiger partial charge in [-0.15, -0.1) is 0 Å². The van der Waals surface area contributed by atoms with Crippen LogP contribution in [0.5, 0.6) is 5.75 Å². The third-order valence-electron chi connectivity index (χ3n) is 1.34. The standard InChI is InChI=1S/C9H9NO2/c10-8-6-7(2-1-5-11)3-4-9(8)12/h3-4,6,11-12H,5,10H2. The zero-order valence-electron chi connectivity index (χ0n) is 6.41. The van der Waals surface area contributed by atoms with Gasteiger partial charge in [-0.2, -0.15) is 0 Å². The quantitative estimate of drug-likeness (QED) is 0.293. The normalized spacial score (nSPS) is 8.75. The fraction of sp³-hybridized carbons (Fsp3) is 0.111. The van der Waals surface area contributed by atoms with Crippen LogP contribution in [0.2, 0.25) is 0 Å². The highest BCUT2D eigenvalue weighted by atomic mass is 16.3. The summed E-state index contributed by atoms with van der Waals surface area (Å²) in [6.45, 7) is -0.180. The van der Waals surface area contributed by atoms with E-state index in [1.54, 1.807) is 12.1 Å². The molecule has 0 amide bonds. The van der Waals surface area contributed by atoms with E-state index in [-0.39, 0.29) is 12.4 Å². The van der Waals surface area contributed by atoms with Crippen molar-refractivity contribution in [2.75, 3.05) is 12.3 Å². The molecule has 1 rings (SSSR count). The van der Waals surface area contributed by atoms with E-state index in [2.05, 4.69) is 11.8 Å². The van der Waals surface area contributed by atoms with Crippen LogP contribution in [0.15, 0.2) is 18.2 Å². The average molecular weight is 163 g/mol. The van der Waals surface area contributed by atoms with E-state index >= 15 is 0 Å². The SMILES string of the molecule is Nc1cc(C#CCO)ccc1O. The second-order valence-corrected chi connectivity index (χ2v) is 2.23. The second kappa shape index (κ2) is 3.65. The van der Waals surface area contributed by atoms with Crippen molar-refractivity contribution < 1.29 is 10.2 Å². The van der Waals surface area contributed by atoms with Gasteiger partial charge in [0.25, 0.3) is 0 Å². The summed E-state index contributed by atoms with van der Waals surface area (Å²) < 4.78 is 0. The first-order valence-electron chi connectivity index (χ1n) is 3.42. The van der Waals surface area contributed by atoms with Gasteiger partial charge in [0.05, 0.1) is 5.69 Å². The molecule has 0 saturated heterocycles. The lowest BCUT2D eigenvalue weighted by molar-refractivity contribution is 0.350. The number of aliphatic hydroxyl groups excluding tert-OH is 1. The number of rotatable bonds is 0. The van der Waals surface area contributed by atoms with Crippen LogP contribution >= 0.6 is 0 Å². The molecule has 1 aromatic rings. The van der Waals surface area contributed by atoms with Crippen molar-refractivity contribution in [1.29, 1.82) is 0 Å². The topological polar surface area (TPSA) is 66.5 Å². The Bertz CT molecular complexity index is 336. The Labute approximate surface area is 70.5 Å². The van der Waals surface area contributed by atoms with Gasteiger partial charge < -0.3 is 15.9 Å². The number of hydrogen-bond donors (Lipinski definition) is 3. The third-order valence-corrected chi connectivity index (χ3v) is 1.34. The van der Waals surface area contributed by atoms with Crippen LogP contribution in [-0.2, 0) is 0 Å². The maximum atomic E-state index is 9.05. The molecule has 0 bridgehead atoms. The molecule has 0 spiro atoms. The van der Waals surface area contributed by atoms with Crippen molar-refractivity contribution in [3.05, 3.63) is 23.8 Å². The number of nitrogen functional groups attached to an aromatic ring is 1. The molecule has 12 heavy (non-hydrogen) atoms. The van der Waals surface area contributed by atoms with Crippen LogP contribution in [0.4, 0.5) is 5.69 Å². The molecule has 1 aromatic carbocycles. The molecule has 62 valence electrons. The molecule has 0 aliphatic rings. The van der Waals surface area contributed by atoms with E-state index in [0.29, 0.717) is 11.3 Å². The number of aromatic hydroxyl groups is 1. The Morgan fingerprint density at radius 2 is 2.17 bits per heavy atom. The van der Waals surface area contributed by atoms with Crippen LogP contribution in [0.3, 0.4) is 0 Å². The minimum absolute atomic E-state index is 0.0459. The minimum atomic E-state index is -0.180. The van der Waals surface area contributed by atoms with E-state index in [9.17, 15) is 0 Å². The van der Waals surface area contributed by atoms with Gasteiger partial charge in [0.15, 0.2) is 0 Å². The number of hydrogen-bond acceptors (Lipinski definition) is 3. The highest BCUT2D eigenvalue weighted by molar-refractivity contribution is 5.56. The Morgan fingerprint density at radius 3 is 2.75 bits per heavy atom. The first-order valence-corrected chi connectivity index (χ1v) is 3.42. The largest absolute Gasteiger partial charge is 0.506 e. The molecule has 0 fully saturated rings. The van der Waals surface area contributed by atoms with Crippen LogP contribution in [0, 0.1) is 11.8 Å². The summed E-state index contributed by atoms with van der Waals surface area (Å²) in [4.78, 5) is 0. The van der Waals surface area contributed by atoms with Gasteiger partial charge in [0, 0.05) is 5.56 Å². The smallest absolute Gasteiger partial charge is 0.138 e. The molecule has 0 aliphatic carbocycles. The second-order valence-electron chi connectivity index (χ2n) is 2.23. The summed E-state index contributed by atoms with van der Waals surface area (Å²) in [6.07, 6.45) is 0. The van der Waals surface area contributed by atoms with Crippen LogP contribution in [-0.4, -0.2) is 16.8 Å². The maximum Gasteiger partial charge on any atom is 0.138 e. The molecule has 0 unspecified atom stereocenters. The molecule has 3 heteroatoms. The molecule has 0 aromatic heterocycles. The van der Waals surface area contributed by atoms with Crippen molar-refractivity contribution in [2.24, 2.45) is 0 Å². The molecular formula is C9H9NO2. The van der Waals surface area contributed by atoms with Crippen LogP contribution in [0.25, 0.3) is 0 Å². The first kappa shape index (κ1) is 8.44. The summed E-state index contributed by atoms with van der Waals surface area (Å²) in [5.74, 6) is 5.20. The van der Waals surface area contributed by atoms with E-state index in [1.165, 1.54) is 6.07 Å². The molecule has 0 aliphatic heterocycles. The number of benzene rings is 1. The zero-order chi connectivity index (χ0) is 8.97. The van der Waals surface area contributed by atoms with E-state index < -0.39 is 0 Å². The Kier molecular flexibility index (Phi) is 2.57. The third kappa shape index (κ3) is 1.91. The highest BCUT2D eigenvalue weighted by Gasteiger charge is 1.94. The number of nitrogens with two attached hydrogens (primary N) is 1. The number of phenolic OH excluding ortho intramolecular Hbond substituents is 1. The predicted octanol–water partition coefficient (Wildman–Crippen LogP) is 0.318. The van der Waals surface area contributed by atoms with Gasteiger partial charge in [-0.1, -0.05) is 11.8 Å². The van der Waals surface area contributed by atoms with Crippen molar-refractivity contribution in [1.82, 2.24) is 0 Å². The first-order chi connectivity index (χ1) is 5.74. The lowest BCUT2D eigenvalue weighted by atomic mass is 10.2. The molecule has 0 radical (unpaired) electrons. The summed E-state index contributed by atoms with van der Waals surface area (Å²) >= 11 is 0. The van der Waals surface area contributed by atoms with Gasteiger partial charge in [0.2, 0.25) is 0 Å². The minimum Gasteiger partial charge on any atom is -0.506 e. The van der Waals surface area contributed by atoms with Crippen molar-refractivity contribution >= 4 is 5.69 Å². The molecule has 3 nitrogen and oxygen atoms in total. The van der Waals surface area contributed by atoms with Crippen molar-refractivity contribution in [2.45, 2.75) is 0 Å². The summed E-state index contributed by atoms with van der Waals surface area (Å²) in [5.41, 5.74) is 6.38. The lowest BCUT2D eigenvalue weighted by Crippen LogP contribution is -1.86. The van der Waals surface area contributed by atoms with Gasteiger partial charge in [0.1, 0.15) is 12.4 Å². The van der Waals surface area contributed by atoms with Crippen LogP contribution < -0.4 is 5.73 Å². The highest BCUT2D eigenvalue weighted by Crippen LogP contribution is 2.19. The maximum absolute atomic E-state index is 9.05. The zero-order valence-corrected chi connectivity index (χ0v) is 6.41. The molecular weight excluding hydrogens is 154 g/mol. The summed E-state index contributed by atoms with van der Waals surface area (Å²) in [7, 11) is 0. The number of phenols is 1. The van der Waals surface area contributed by atoms with E-state index in [4.69, 9.17) is 15.9 Å². The van der Waals surface area contributed by atoms with Gasteiger partial charge >= 0.3 is 0 Å². The van der Waals surface area contributed by atoms with Gasteiger partial charge in [-0.25, -0.2) is 0 Å². The fourth-order valence-corrected chi connectivity index (χ4v) is 0.774. The average Bonchev–Trinajstić information content (AvgIpc) is 2.07. The molecule has 4 N–H and O–H groups in total. The monoisotopic (exact) mass is 163 g/mol. The van der Waals surface area contributed by atoms with Crippen LogP contribution in [0.1, 0.15) is 5.56 Å². The lowest BCUT2D eigenvalue weighted by Gasteiger charge is -1.97. The Hall–Kier alpha value is -1.66. The van der Waals surface area contributed by atoms with Gasteiger partial charge in [-0.05, 0) is 18.2 Å². The summed E-state index contributed by atoms with van der Waals surface area (Å²) in [5, 5.41) is 17.4. The van der Waals surface area contributed by atoms with Crippen molar-refractivity contribution in [3.8, 4) is 17.6 Å². The number of anilines is 1. The fourth-order valence-electron chi connectivity index (χ4n) is 0.774.